The van der Waals surface area contributed by atoms with Crippen molar-refractivity contribution < 1.29 is 9.18 Å². The first-order valence-corrected chi connectivity index (χ1v) is 6.40. The Balaban J connectivity index is 2.32. The van der Waals surface area contributed by atoms with E-state index >= 15 is 0 Å². The zero-order chi connectivity index (χ0) is 14.9. The van der Waals surface area contributed by atoms with Gasteiger partial charge < -0.3 is 11.1 Å². The molecule has 0 aliphatic rings. The molecule has 104 valence electrons. The molecule has 2 rings (SSSR count). The third-order valence-electron chi connectivity index (χ3n) is 3.19. The predicted octanol–water partition coefficient (Wildman–Crippen LogP) is 3.93. The average molecular weight is 293 g/mol. The molecule has 0 spiro atoms. The van der Waals surface area contributed by atoms with Gasteiger partial charge in [-0.3, -0.25) is 4.79 Å². The molecule has 2 aromatic rings. The first kappa shape index (κ1) is 14.3. The molecule has 0 fully saturated rings. The second kappa shape index (κ2) is 5.51. The van der Waals surface area contributed by atoms with Gasteiger partial charge in [-0.1, -0.05) is 17.7 Å². The van der Waals surface area contributed by atoms with Crippen molar-refractivity contribution in [3.05, 3.63) is 57.9 Å². The highest BCUT2D eigenvalue weighted by Gasteiger charge is 2.13. The molecule has 0 saturated carbocycles. The summed E-state index contributed by atoms with van der Waals surface area (Å²) in [5.41, 5.74) is 9.11. The van der Waals surface area contributed by atoms with Crippen molar-refractivity contribution in [1.29, 1.82) is 0 Å². The van der Waals surface area contributed by atoms with Crippen LogP contribution < -0.4 is 11.1 Å². The van der Waals surface area contributed by atoms with Crippen LogP contribution in [0.15, 0.2) is 30.3 Å². The van der Waals surface area contributed by atoms with E-state index in [0.29, 0.717) is 11.4 Å². The van der Waals surface area contributed by atoms with Gasteiger partial charge in [0.05, 0.1) is 16.4 Å². The molecule has 0 saturated heterocycles. The fourth-order valence-corrected chi connectivity index (χ4v) is 2.01. The number of nitrogen functional groups attached to an aromatic ring is 1. The molecule has 0 aromatic heterocycles. The van der Waals surface area contributed by atoms with Crippen molar-refractivity contribution in [1.82, 2.24) is 0 Å². The largest absolute Gasteiger partial charge is 0.397 e. The van der Waals surface area contributed by atoms with Gasteiger partial charge in [0, 0.05) is 5.56 Å². The van der Waals surface area contributed by atoms with E-state index in [-0.39, 0.29) is 16.5 Å². The number of hydrogen-bond acceptors (Lipinski definition) is 2. The number of benzene rings is 2. The van der Waals surface area contributed by atoms with E-state index in [1.165, 1.54) is 12.1 Å². The maximum absolute atomic E-state index is 13.1. The summed E-state index contributed by atoms with van der Waals surface area (Å²) in [6.07, 6.45) is 0. The minimum Gasteiger partial charge on any atom is -0.397 e. The molecule has 0 heterocycles. The number of carbonyl (C=O) groups is 1. The Morgan fingerprint density at radius 2 is 1.95 bits per heavy atom. The number of hydrogen-bond donors (Lipinski definition) is 2. The van der Waals surface area contributed by atoms with E-state index in [9.17, 15) is 9.18 Å². The van der Waals surface area contributed by atoms with E-state index in [4.69, 9.17) is 17.3 Å². The molecule has 5 heteroatoms. The van der Waals surface area contributed by atoms with Crippen LogP contribution >= 0.6 is 11.6 Å². The molecule has 0 radical (unpaired) electrons. The average Bonchev–Trinajstić information content (AvgIpc) is 2.42. The third-order valence-corrected chi connectivity index (χ3v) is 3.48. The molecule has 0 aliphatic heterocycles. The number of amides is 1. The lowest BCUT2D eigenvalue weighted by Crippen LogP contribution is -2.14. The van der Waals surface area contributed by atoms with Gasteiger partial charge in [-0.15, -0.1) is 0 Å². The summed E-state index contributed by atoms with van der Waals surface area (Å²) in [7, 11) is 0. The Bertz CT molecular complexity index is 686. The van der Waals surface area contributed by atoms with E-state index in [0.717, 1.165) is 17.2 Å². The van der Waals surface area contributed by atoms with Crippen LogP contribution in [0.3, 0.4) is 0 Å². The summed E-state index contributed by atoms with van der Waals surface area (Å²) in [4.78, 5) is 12.1. The number of aryl methyl sites for hydroxylation is 1. The fourth-order valence-electron chi connectivity index (χ4n) is 1.83. The fraction of sp³-hybridized carbons (Fsp3) is 0.133. The predicted molar refractivity (Wildman–Crippen MR) is 79.7 cm³/mol. The highest BCUT2D eigenvalue weighted by Crippen LogP contribution is 2.26. The zero-order valence-corrected chi connectivity index (χ0v) is 11.9. The molecule has 0 unspecified atom stereocenters. The summed E-state index contributed by atoms with van der Waals surface area (Å²) < 4.78 is 13.1. The molecular weight excluding hydrogens is 279 g/mol. The van der Waals surface area contributed by atoms with Crippen LogP contribution in [0.5, 0.6) is 0 Å². The normalized spacial score (nSPS) is 10.4. The number of halogens is 2. The van der Waals surface area contributed by atoms with Gasteiger partial charge in [0.2, 0.25) is 0 Å². The highest BCUT2D eigenvalue weighted by atomic mass is 35.5. The van der Waals surface area contributed by atoms with Crippen molar-refractivity contribution in [2.24, 2.45) is 0 Å². The molecular formula is C15H14ClFN2O. The molecule has 1 amide bonds. The molecule has 20 heavy (non-hydrogen) atoms. The van der Waals surface area contributed by atoms with Crippen LogP contribution in [-0.4, -0.2) is 5.91 Å². The van der Waals surface area contributed by atoms with Crippen molar-refractivity contribution in [2.75, 3.05) is 11.1 Å². The Morgan fingerprint density at radius 3 is 2.60 bits per heavy atom. The van der Waals surface area contributed by atoms with Crippen LogP contribution in [0.4, 0.5) is 15.8 Å². The zero-order valence-electron chi connectivity index (χ0n) is 11.1. The molecule has 0 atom stereocenters. The number of nitrogens with one attached hydrogen (secondary N) is 1. The van der Waals surface area contributed by atoms with E-state index in [1.54, 1.807) is 6.07 Å². The molecule has 3 N–H and O–H groups in total. The van der Waals surface area contributed by atoms with Crippen LogP contribution in [0.2, 0.25) is 5.02 Å². The Hall–Kier alpha value is -2.07. The van der Waals surface area contributed by atoms with Crippen molar-refractivity contribution in [3.63, 3.8) is 0 Å². The van der Waals surface area contributed by atoms with Crippen LogP contribution in [0.1, 0.15) is 21.5 Å². The number of carbonyl (C=O) groups excluding carboxylic acids is 1. The van der Waals surface area contributed by atoms with Crippen molar-refractivity contribution >= 4 is 28.9 Å². The van der Waals surface area contributed by atoms with Crippen LogP contribution in [-0.2, 0) is 0 Å². The standard InChI is InChI=1S/C15H14ClFN2O/c1-8-3-6-13(18)14(9(8)2)19-15(20)10-4-5-12(17)11(16)7-10/h3-7H,18H2,1-2H3,(H,19,20). The Kier molecular flexibility index (Phi) is 3.95. The number of nitrogens with two attached hydrogens (primary N) is 1. The maximum Gasteiger partial charge on any atom is 0.255 e. The minimum atomic E-state index is -0.561. The van der Waals surface area contributed by atoms with Crippen molar-refractivity contribution in [2.45, 2.75) is 13.8 Å². The van der Waals surface area contributed by atoms with Gasteiger partial charge in [0.1, 0.15) is 5.82 Å². The highest BCUT2D eigenvalue weighted by molar-refractivity contribution is 6.31. The molecule has 0 aliphatic carbocycles. The Labute approximate surface area is 121 Å². The first-order chi connectivity index (χ1) is 9.40. The maximum atomic E-state index is 13.1. The van der Waals surface area contributed by atoms with Crippen LogP contribution in [0.25, 0.3) is 0 Å². The monoisotopic (exact) mass is 292 g/mol. The van der Waals surface area contributed by atoms with Gasteiger partial charge in [-0.25, -0.2) is 4.39 Å². The van der Waals surface area contributed by atoms with Gasteiger partial charge >= 0.3 is 0 Å². The van der Waals surface area contributed by atoms with Crippen LogP contribution in [0, 0.1) is 19.7 Å². The molecule has 3 nitrogen and oxygen atoms in total. The minimum absolute atomic E-state index is 0.0911. The molecule has 0 bridgehead atoms. The third kappa shape index (κ3) is 2.75. The van der Waals surface area contributed by atoms with E-state index in [2.05, 4.69) is 5.32 Å². The summed E-state index contributed by atoms with van der Waals surface area (Å²) >= 11 is 5.67. The van der Waals surface area contributed by atoms with Gasteiger partial charge in [-0.2, -0.15) is 0 Å². The summed E-state index contributed by atoms with van der Waals surface area (Å²) in [5, 5.41) is 2.65. The van der Waals surface area contributed by atoms with Crippen molar-refractivity contribution in [3.8, 4) is 0 Å². The van der Waals surface area contributed by atoms with E-state index in [1.807, 2.05) is 19.9 Å². The lowest BCUT2D eigenvalue weighted by molar-refractivity contribution is 0.102. The van der Waals surface area contributed by atoms with Gasteiger partial charge in [0.25, 0.3) is 5.91 Å². The smallest absolute Gasteiger partial charge is 0.255 e. The second-order valence-corrected chi connectivity index (χ2v) is 4.96. The van der Waals surface area contributed by atoms with Gasteiger partial charge in [-0.05, 0) is 49.2 Å². The Morgan fingerprint density at radius 1 is 1.25 bits per heavy atom. The lowest BCUT2D eigenvalue weighted by Gasteiger charge is -2.13. The lowest BCUT2D eigenvalue weighted by atomic mass is 10.1. The topological polar surface area (TPSA) is 55.1 Å². The van der Waals surface area contributed by atoms with E-state index < -0.39 is 5.82 Å². The summed E-state index contributed by atoms with van der Waals surface area (Å²) in [6.45, 7) is 3.80. The SMILES string of the molecule is Cc1ccc(N)c(NC(=O)c2ccc(F)c(Cl)c2)c1C. The first-order valence-electron chi connectivity index (χ1n) is 6.02. The molecule has 2 aromatic carbocycles. The summed E-state index contributed by atoms with van der Waals surface area (Å²) in [5.74, 6) is -0.943. The summed E-state index contributed by atoms with van der Waals surface area (Å²) in [6, 6.07) is 7.43. The quantitative estimate of drug-likeness (QED) is 0.824. The second-order valence-electron chi connectivity index (χ2n) is 4.55. The number of rotatable bonds is 2. The van der Waals surface area contributed by atoms with Gasteiger partial charge in [0.15, 0.2) is 0 Å². The number of anilines is 2.